The second-order valence-corrected chi connectivity index (χ2v) is 9.46. The fourth-order valence-corrected chi connectivity index (χ4v) is 5.10. The molecule has 1 N–H and O–H groups in total. The molecule has 8 nitrogen and oxygen atoms in total. The van der Waals surface area contributed by atoms with Crippen molar-refractivity contribution in [1.29, 1.82) is 0 Å². The Labute approximate surface area is 217 Å². The molecule has 37 heavy (non-hydrogen) atoms. The lowest BCUT2D eigenvalue weighted by molar-refractivity contribution is -0.157. The summed E-state index contributed by atoms with van der Waals surface area (Å²) in [7, 11) is 1.67. The van der Waals surface area contributed by atoms with Crippen LogP contribution in [0.2, 0.25) is 0 Å². The van der Waals surface area contributed by atoms with Gasteiger partial charge in [-0.05, 0) is 16.7 Å². The zero-order valence-corrected chi connectivity index (χ0v) is 20.9. The maximum absolute atomic E-state index is 13.7. The molecule has 2 heterocycles. The van der Waals surface area contributed by atoms with Gasteiger partial charge in [0.2, 0.25) is 11.8 Å². The van der Waals surface area contributed by atoms with Crippen molar-refractivity contribution in [3.05, 3.63) is 108 Å². The molecule has 0 aliphatic carbocycles. The second kappa shape index (κ2) is 10.8. The van der Waals surface area contributed by atoms with Gasteiger partial charge >= 0.3 is 6.03 Å². The molecule has 0 saturated carbocycles. The summed E-state index contributed by atoms with van der Waals surface area (Å²) >= 11 is 0. The molecular formula is C29H31N5O3. The number of benzene rings is 3. The van der Waals surface area contributed by atoms with Crippen molar-refractivity contribution in [1.82, 2.24) is 25.1 Å². The first kappa shape index (κ1) is 24.5. The Hall–Kier alpha value is -4.17. The molecule has 2 aliphatic heterocycles. The molecule has 0 radical (unpaired) electrons. The van der Waals surface area contributed by atoms with E-state index < -0.39 is 12.2 Å². The Morgan fingerprint density at radius 2 is 1.43 bits per heavy atom. The minimum atomic E-state index is -0.636. The number of carbonyl (C=O) groups is 3. The van der Waals surface area contributed by atoms with E-state index in [9.17, 15) is 14.4 Å². The van der Waals surface area contributed by atoms with E-state index in [0.717, 1.165) is 16.7 Å². The highest BCUT2D eigenvalue weighted by Gasteiger charge is 2.51. The number of piperazine rings is 1. The minimum absolute atomic E-state index is 0.0394. The van der Waals surface area contributed by atoms with Crippen LogP contribution in [-0.4, -0.2) is 70.0 Å². The van der Waals surface area contributed by atoms with Crippen LogP contribution in [0.4, 0.5) is 4.79 Å². The Morgan fingerprint density at radius 1 is 0.865 bits per heavy atom. The summed E-state index contributed by atoms with van der Waals surface area (Å²) in [6.07, 6.45) is -0.0135. The summed E-state index contributed by atoms with van der Waals surface area (Å²) in [5.74, 6) is -0.225. The first-order valence-electron chi connectivity index (χ1n) is 12.5. The van der Waals surface area contributed by atoms with Crippen molar-refractivity contribution in [2.24, 2.45) is 0 Å². The lowest BCUT2D eigenvalue weighted by Gasteiger charge is -2.45. The summed E-state index contributed by atoms with van der Waals surface area (Å²) in [5.41, 5.74) is 3.00. The molecule has 2 aliphatic rings. The Balaban J connectivity index is 1.38. The van der Waals surface area contributed by atoms with E-state index in [1.807, 2.05) is 95.9 Å². The van der Waals surface area contributed by atoms with Crippen LogP contribution in [0.5, 0.6) is 0 Å². The van der Waals surface area contributed by atoms with Crippen LogP contribution in [0.3, 0.4) is 0 Å². The van der Waals surface area contributed by atoms with Crippen molar-refractivity contribution in [3.8, 4) is 0 Å². The summed E-state index contributed by atoms with van der Waals surface area (Å²) in [5, 5.41) is 6.17. The summed E-state index contributed by atoms with van der Waals surface area (Å²) in [6, 6.07) is 28.3. The van der Waals surface area contributed by atoms with E-state index in [0.29, 0.717) is 26.1 Å². The van der Waals surface area contributed by atoms with Gasteiger partial charge in [0.05, 0.1) is 13.1 Å². The summed E-state index contributed by atoms with van der Waals surface area (Å²) in [6.45, 7) is 1.19. The number of carbonyl (C=O) groups excluding carboxylic acids is 3. The van der Waals surface area contributed by atoms with Crippen molar-refractivity contribution < 1.29 is 14.4 Å². The number of rotatable bonds is 7. The molecule has 0 bridgehead atoms. The second-order valence-electron chi connectivity index (χ2n) is 9.46. The topological polar surface area (TPSA) is 76.2 Å². The highest BCUT2D eigenvalue weighted by atomic mass is 16.2. The Bertz CT molecular complexity index is 1240. The molecular weight excluding hydrogens is 466 g/mol. The Morgan fingerprint density at radius 3 is 2.05 bits per heavy atom. The molecule has 0 unspecified atom stereocenters. The van der Waals surface area contributed by atoms with E-state index in [1.54, 1.807) is 17.0 Å². The minimum Gasteiger partial charge on any atom is -0.333 e. The fraction of sp³-hybridized carbons (Fsp3) is 0.276. The van der Waals surface area contributed by atoms with E-state index in [4.69, 9.17) is 0 Å². The molecule has 0 spiro atoms. The van der Waals surface area contributed by atoms with Gasteiger partial charge in [-0.1, -0.05) is 91.0 Å². The van der Waals surface area contributed by atoms with Gasteiger partial charge in [0.1, 0.15) is 12.2 Å². The van der Waals surface area contributed by atoms with Gasteiger partial charge in [-0.2, -0.15) is 5.01 Å². The quantitative estimate of drug-likeness (QED) is 0.545. The zero-order chi connectivity index (χ0) is 25.8. The van der Waals surface area contributed by atoms with Crippen LogP contribution in [0.25, 0.3) is 0 Å². The molecule has 190 valence electrons. The number of nitrogens with one attached hydrogen (secondary N) is 1. The van der Waals surface area contributed by atoms with Crippen molar-refractivity contribution in [2.45, 2.75) is 31.7 Å². The van der Waals surface area contributed by atoms with Gasteiger partial charge in [0.25, 0.3) is 0 Å². The van der Waals surface area contributed by atoms with Crippen LogP contribution in [0.1, 0.15) is 16.7 Å². The van der Waals surface area contributed by atoms with E-state index in [-0.39, 0.29) is 24.4 Å². The SMILES string of the molecule is CN(C(=O)NCc1ccccc1)N1CC(=O)N2[C@@H](Cc3ccccc3)C(=O)N(Cc3ccccc3)C[C@@H]21. The molecule has 2 atom stereocenters. The fourth-order valence-electron chi connectivity index (χ4n) is 5.10. The number of hydrazine groups is 1. The molecule has 5 rings (SSSR count). The average Bonchev–Trinajstić information content (AvgIpc) is 3.26. The van der Waals surface area contributed by atoms with Crippen molar-refractivity contribution in [3.63, 3.8) is 0 Å². The maximum Gasteiger partial charge on any atom is 0.332 e. The normalized spacial score (nSPS) is 19.6. The predicted octanol–water partition coefficient (Wildman–Crippen LogP) is 2.87. The standard InChI is InChI=1S/C29H31N5O3/c1-31(29(37)30-18-23-13-7-3-8-14-23)33-21-27(35)34-25(17-22-11-5-2-6-12-22)28(36)32(20-26(33)34)19-24-15-9-4-10-16-24/h2-16,25-26H,17-21H2,1H3,(H,30,37)/t25-,26+/m0/s1. The Kier molecular flexibility index (Phi) is 7.18. The molecule has 3 aromatic rings. The van der Waals surface area contributed by atoms with Crippen LogP contribution in [-0.2, 0) is 29.1 Å². The van der Waals surface area contributed by atoms with Gasteiger partial charge < -0.3 is 15.1 Å². The summed E-state index contributed by atoms with van der Waals surface area (Å²) in [4.78, 5) is 43.6. The predicted molar refractivity (Wildman–Crippen MR) is 140 cm³/mol. The highest BCUT2D eigenvalue weighted by molar-refractivity contribution is 5.91. The van der Waals surface area contributed by atoms with Crippen molar-refractivity contribution >= 4 is 17.8 Å². The monoisotopic (exact) mass is 497 g/mol. The van der Waals surface area contributed by atoms with Crippen LogP contribution in [0, 0.1) is 0 Å². The van der Waals surface area contributed by atoms with E-state index in [2.05, 4.69) is 5.32 Å². The number of hydrogen-bond donors (Lipinski definition) is 1. The molecule has 3 aromatic carbocycles. The molecule has 2 saturated heterocycles. The third-order valence-electron chi connectivity index (χ3n) is 7.02. The molecule has 8 heteroatoms. The van der Waals surface area contributed by atoms with E-state index in [1.165, 1.54) is 5.01 Å². The smallest absolute Gasteiger partial charge is 0.332 e. The number of urea groups is 1. The number of amides is 4. The molecule has 2 fully saturated rings. The number of fused-ring (bicyclic) bond motifs is 1. The largest absolute Gasteiger partial charge is 0.333 e. The third kappa shape index (κ3) is 5.34. The first-order valence-corrected chi connectivity index (χ1v) is 12.5. The van der Waals surface area contributed by atoms with Gasteiger partial charge in [0, 0.05) is 26.6 Å². The molecule has 0 aromatic heterocycles. The lowest BCUT2D eigenvalue weighted by atomic mass is 10.00. The molecule has 4 amide bonds. The van der Waals surface area contributed by atoms with Crippen LogP contribution >= 0.6 is 0 Å². The maximum atomic E-state index is 13.7. The van der Waals surface area contributed by atoms with Gasteiger partial charge in [-0.25, -0.2) is 4.79 Å². The highest BCUT2D eigenvalue weighted by Crippen LogP contribution is 2.29. The first-order chi connectivity index (χ1) is 18.0. The van der Waals surface area contributed by atoms with Gasteiger partial charge in [0.15, 0.2) is 0 Å². The van der Waals surface area contributed by atoms with Gasteiger partial charge in [-0.3, -0.25) is 14.6 Å². The van der Waals surface area contributed by atoms with Crippen LogP contribution in [0.15, 0.2) is 91.0 Å². The van der Waals surface area contributed by atoms with Crippen LogP contribution < -0.4 is 5.32 Å². The van der Waals surface area contributed by atoms with E-state index >= 15 is 0 Å². The van der Waals surface area contributed by atoms with Crippen molar-refractivity contribution in [2.75, 3.05) is 20.1 Å². The number of hydrogen-bond acceptors (Lipinski definition) is 4. The summed E-state index contributed by atoms with van der Waals surface area (Å²) < 4.78 is 0. The third-order valence-corrected chi connectivity index (χ3v) is 7.02. The van der Waals surface area contributed by atoms with Gasteiger partial charge in [-0.15, -0.1) is 0 Å². The average molecular weight is 498 g/mol. The zero-order valence-electron chi connectivity index (χ0n) is 20.9. The number of nitrogens with zero attached hydrogens (tertiary/aromatic N) is 4. The lowest BCUT2D eigenvalue weighted by Crippen LogP contribution is -2.65.